The molecule has 0 radical (unpaired) electrons. The van der Waals surface area contributed by atoms with E-state index in [1.165, 1.54) is 44.5 Å². The van der Waals surface area contributed by atoms with Crippen LogP contribution in [-0.4, -0.2) is 20.1 Å². The van der Waals surface area contributed by atoms with Crippen molar-refractivity contribution < 1.29 is 30.4 Å². The van der Waals surface area contributed by atoms with Crippen molar-refractivity contribution in [2.75, 3.05) is 14.2 Å². The number of ether oxygens (including phenoxy) is 2. The standard InChI is InChI=1S/2C21H23O.C2H7Si.Zr/c2*1-14-11-16-13-18(21(2,3)4)20(22-5)19(17(16)12-14)15-9-7-6-8-10-15;1-3-2;/h2*6-13H,1-5H3;3H,1-2H3;. The van der Waals surface area contributed by atoms with Crippen LogP contribution in [0.15, 0.2) is 83.9 Å². The molecule has 0 saturated heterocycles. The summed E-state index contributed by atoms with van der Waals surface area (Å²) in [5, 5.41) is 0. The maximum atomic E-state index is 6.32. The van der Waals surface area contributed by atoms with Gasteiger partial charge in [0.15, 0.2) is 0 Å². The first kappa shape index (κ1) is 34.9. The number of hydrogen-bond acceptors (Lipinski definition) is 2. The van der Waals surface area contributed by atoms with Crippen LogP contribution in [0.25, 0.3) is 34.4 Å². The third-order valence-electron chi connectivity index (χ3n) is 10.5. The summed E-state index contributed by atoms with van der Waals surface area (Å²) in [7, 11) is 3.70. The van der Waals surface area contributed by atoms with Gasteiger partial charge in [0, 0.05) is 0 Å². The predicted molar refractivity (Wildman–Crippen MR) is 206 cm³/mol. The normalized spacial score (nSPS) is 17.2. The summed E-state index contributed by atoms with van der Waals surface area (Å²) < 4.78 is 13.7. The van der Waals surface area contributed by atoms with Gasteiger partial charge in [0.1, 0.15) is 0 Å². The number of hydrogen-bond donors (Lipinski definition) is 0. The summed E-state index contributed by atoms with van der Waals surface area (Å²) >= 11 is -2.34. The van der Waals surface area contributed by atoms with E-state index in [4.69, 9.17) is 9.47 Å². The van der Waals surface area contributed by atoms with Gasteiger partial charge in [-0.3, -0.25) is 0 Å². The summed E-state index contributed by atoms with van der Waals surface area (Å²) in [6, 6.07) is 27.0. The van der Waals surface area contributed by atoms with Crippen LogP contribution in [-0.2, 0) is 31.7 Å². The fraction of sp³-hybridized carbons (Fsp3) is 0.364. The first-order chi connectivity index (χ1) is 22.7. The minimum absolute atomic E-state index is 0.0533. The van der Waals surface area contributed by atoms with E-state index >= 15 is 0 Å². The molecule has 0 aliphatic heterocycles. The van der Waals surface area contributed by atoms with Crippen molar-refractivity contribution in [1.82, 2.24) is 0 Å². The molecule has 4 aromatic rings. The summed E-state index contributed by atoms with van der Waals surface area (Å²) in [6.45, 7) is 24.2. The van der Waals surface area contributed by atoms with E-state index < -0.39 is 26.8 Å². The second-order valence-electron chi connectivity index (χ2n) is 16.2. The average Bonchev–Trinajstić information content (AvgIpc) is 3.54. The second kappa shape index (κ2) is 13.1. The predicted octanol–water partition coefficient (Wildman–Crippen LogP) is 11.9. The monoisotopic (exact) mass is 731 g/mol. The third kappa shape index (κ3) is 5.96. The molecular weight excluding hydrogens is 680 g/mol. The molecule has 0 aromatic heterocycles. The Kier molecular flexibility index (Phi) is 9.50. The third-order valence-corrected chi connectivity index (χ3v) is 32.6. The first-order valence-corrected chi connectivity index (χ1v) is 27.5. The molecule has 2 unspecified atom stereocenters. The van der Waals surface area contributed by atoms with Gasteiger partial charge in [-0.25, -0.2) is 0 Å². The van der Waals surface area contributed by atoms with Gasteiger partial charge in [-0.2, -0.15) is 0 Å². The molecule has 4 aromatic carbocycles. The number of benzene rings is 4. The molecule has 48 heavy (non-hydrogen) atoms. The van der Waals surface area contributed by atoms with E-state index in [1.54, 1.807) is 22.3 Å². The molecule has 2 aliphatic rings. The summed E-state index contributed by atoms with van der Waals surface area (Å²) in [4.78, 5) is 0. The van der Waals surface area contributed by atoms with Crippen molar-refractivity contribution in [3.8, 4) is 33.8 Å². The molecule has 6 rings (SSSR count). The van der Waals surface area contributed by atoms with Crippen LogP contribution in [0.4, 0.5) is 0 Å². The van der Waals surface area contributed by atoms with E-state index in [0.717, 1.165) is 11.5 Å². The zero-order valence-corrected chi connectivity index (χ0v) is 34.7. The van der Waals surface area contributed by atoms with Crippen molar-refractivity contribution in [2.24, 2.45) is 0 Å². The molecular formula is C44H53O2SiZr. The van der Waals surface area contributed by atoms with Crippen LogP contribution in [0.5, 0.6) is 11.5 Å². The number of fused-ring (bicyclic) bond motifs is 2. The van der Waals surface area contributed by atoms with Crippen molar-refractivity contribution in [2.45, 2.75) is 86.6 Å². The Bertz CT molecular complexity index is 1770. The van der Waals surface area contributed by atoms with Crippen LogP contribution in [0.1, 0.15) is 96.0 Å². The molecule has 0 fully saturated rings. The maximum absolute atomic E-state index is 6.32. The molecule has 0 heterocycles. The molecule has 0 saturated carbocycles. The topological polar surface area (TPSA) is 18.5 Å². The number of methoxy groups -OCH3 is 2. The Morgan fingerprint density at radius 2 is 0.938 bits per heavy atom. The SMILES string of the molecule is COc1c(C(C)(C)C)cc2c(c1-c1ccccc1)C=C(C)[CH]2[Zr]([CH]1C(C)=Cc2c1cc(C(C)(C)C)c(OC)c2-c1ccccc1)[SiH](C)C. The van der Waals surface area contributed by atoms with Crippen LogP contribution in [0.3, 0.4) is 0 Å². The van der Waals surface area contributed by atoms with Gasteiger partial charge in [0.2, 0.25) is 0 Å². The molecule has 4 heteroatoms. The van der Waals surface area contributed by atoms with Gasteiger partial charge in [-0.05, 0) is 0 Å². The minimum atomic E-state index is -2.34. The first-order valence-electron chi connectivity index (χ1n) is 17.5. The van der Waals surface area contributed by atoms with E-state index in [2.05, 4.69) is 153 Å². The Morgan fingerprint density at radius 1 is 0.583 bits per heavy atom. The van der Waals surface area contributed by atoms with Gasteiger partial charge in [0.25, 0.3) is 0 Å². The fourth-order valence-electron chi connectivity index (χ4n) is 8.34. The van der Waals surface area contributed by atoms with Crippen LogP contribution in [0, 0.1) is 0 Å². The molecule has 0 N–H and O–H groups in total. The van der Waals surface area contributed by atoms with E-state index in [-0.39, 0.29) is 10.8 Å². The van der Waals surface area contributed by atoms with E-state index in [9.17, 15) is 0 Å². The molecule has 0 spiro atoms. The van der Waals surface area contributed by atoms with Crippen molar-refractivity contribution >= 4 is 18.1 Å². The van der Waals surface area contributed by atoms with Gasteiger partial charge in [0.05, 0.1) is 0 Å². The van der Waals surface area contributed by atoms with Crippen molar-refractivity contribution in [3.05, 3.63) is 117 Å². The molecule has 0 amide bonds. The zero-order valence-electron chi connectivity index (χ0n) is 31.1. The van der Waals surface area contributed by atoms with Crippen molar-refractivity contribution in [3.63, 3.8) is 0 Å². The van der Waals surface area contributed by atoms with Gasteiger partial charge >= 0.3 is 300 Å². The average molecular weight is 733 g/mol. The van der Waals surface area contributed by atoms with Crippen LogP contribution >= 0.6 is 0 Å². The molecule has 2 aliphatic carbocycles. The quantitative estimate of drug-likeness (QED) is 0.176. The summed E-state index contributed by atoms with van der Waals surface area (Å²) in [5.74, 6) is 0.990. The molecule has 0 bridgehead atoms. The second-order valence-corrected chi connectivity index (χ2v) is 36.3. The van der Waals surface area contributed by atoms with E-state index in [0.29, 0.717) is 7.25 Å². The summed E-state index contributed by atoms with van der Waals surface area (Å²) in [5.41, 5.74) is 16.5. The Balaban J connectivity index is 1.63. The van der Waals surface area contributed by atoms with Crippen LogP contribution in [0.2, 0.25) is 13.1 Å². The fourth-order valence-corrected chi connectivity index (χ4v) is 31.5. The Hall–Kier alpha value is -2.94. The molecule has 249 valence electrons. The molecule has 2 atom stereocenters. The van der Waals surface area contributed by atoms with Crippen LogP contribution < -0.4 is 9.47 Å². The van der Waals surface area contributed by atoms with Gasteiger partial charge in [-0.15, -0.1) is 0 Å². The number of allylic oxidation sites excluding steroid dienone is 2. The number of rotatable bonds is 7. The van der Waals surface area contributed by atoms with E-state index in [1.807, 2.05) is 14.2 Å². The van der Waals surface area contributed by atoms with Gasteiger partial charge < -0.3 is 0 Å². The molecule has 2 nitrogen and oxygen atoms in total. The van der Waals surface area contributed by atoms with Gasteiger partial charge in [-0.1, -0.05) is 0 Å². The Morgan fingerprint density at radius 3 is 1.23 bits per heavy atom. The van der Waals surface area contributed by atoms with Crippen molar-refractivity contribution in [1.29, 1.82) is 0 Å². The summed E-state index contributed by atoms with van der Waals surface area (Å²) in [6.07, 6.45) is 5.07. The Labute approximate surface area is 298 Å². The zero-order chi connectivity index (χ0) is 34.7.